The number of aliphatic hydroxyl groups is 1. The number of nitrogens with zero attached hydrogens (tertiary/aromatic N) is 4. The van der Waals surface area contributed by atoms with Crippen LogP contribution in [0.3, 0.4) is 0 Å². The highest BCUT2D eigenvalue weighted by atomic mass is 35.5. The molecule has 7 nitrogen and oxygen atoms in total. The fraction of sp³-hybridized carbons (Fsp3) is 0.267. The van der Waals surface area contributed by atoms with Crippen molar-refractivity contribution in [2.45, 2.75) is 19.4 Å². The quantitative estimate of drug-likeness (QED) is 0.686. The van der Waals surface area contributed by atoms with Crippen molar-refractivity contribution in [1.82, 2.24) is 9.91 Å². The van der Waals surface area contributed by atoms with Gasteiger partial charge >= 0.3 is 0 Å². The lowest BCUT2D eigenvalue weighted by atomic mass is 10.1. The predicted octanol–water partition coefficient (Wildman–Crippen LogP) is 1.90. The maximum Gasteiger partial charge on any atom is 0.225 e. The minimum atomic E-state index is -0.743. The van der Waals surface area contributed by atoms with Crippen LogP contribution in [0.4, 0.5) is 11.4 Å². The van der Waals surface area contributed by atoms with Crippen LogP contribution in [0.2, 0.25) is 5.02 Å². The van der Waals surface area contributed by atoms with Crippen molar-refractivity contribution in [2.75, 3.05) is 16.8 Å². The first kappa shape index (κ1) is 15.4. The van der Waals surface area contributed by atoms with E-state index < -0.39 is 6.10 Å². The number of carbonyl (C=O) groups excluding carboxylic acids is 1. The summed E-state index contributed by atoms with van der Waals surface area (Å²) in [6, 6.07) is 5.50. The zero-order valence-corrected chi connectivity index (χ0v) is 14.3. The minimum absolute atomic E-state index is 0.126. The molecule has 0 saturated carbocycles. The summed E-state index contributed by atoms with van der Waals surface area (Å²) in [5.74, 6) is 0.465. The first-order valence-corrected chi connectivity index (χ1v) is 8.17. The molecule has 124 valence electrons. The van der Waals surface area contributed by atoms with Crippen molar-refractivity contribution in [2.24, 2.45) is 5.10 Å². The molecule has 1 amide bonds. The average molecular weight is 364 g/mol. The summed E-state index contributed by atoms with van der Waals surface area (Å²) in [5.41, 5.74) is 2.48. The smallest absolute Gasteiger partial charge is 0.225 e. The van der Waals surface area contributed by atoms with E-state index >= 15 is 0 Å². The van der Waals surface area contributed by atoms with Crippen molar-refractivity contribution in [3.05, 3.63) is 34.7 Å². The normalized spacial score (nSPS) is 22.0. The molecule has 2 N–H and O–H groups in total. The van der Waals surface area contributed by atoms with E-state index in [1.807, 2.05) is 17.0 Å². The van der Waals surface area contributed by atoms with Gasteiger partial charge in [-0.1, -0.05) is 11.6 Å². The number of nitrogens with one attached hydrogen (secondary N) is 1. The Morgan fingerprint density at radius 2 is 2.29 bits per heavy atom. The number of rotatable bonds is 0. The molecule has 4 rings (SSSR count). The molecule has 1 aromatic rings. The molecule has 0 spiro atoms. The predicted molar refractivity (Wildman–Crippen MR) is 95.5 cm³/mol. The van der Waals surface area contributed by atoms with Crippen molar-refractivity contribution in [3.63, 3.8) is 0 Å². The molecule has 3 heterocycles. The highest BCUT2D eigenvalue weighted by Crippen LogP contribution is 2.41. The van der Waals surface area contributed by atoms with Crippen LogP contribution in [-0.2, 0) is 4.79 Å². The van der Waals surface area contributed by atoms with E-state index in [0.717, 1.165) is 17.1 Å². The third-order valence-electron chi connectivity index (χ3n) is 4.11. The number of halogens is 1. The van der Waals surface area contributed by atoms with Gasteiger partial charge < -0.3 is 10.4 Å². The van der Waals surface area contributed by atoms with Crippen molar-refractivity contribution in [1.29, 1.82) is 0 Å². The zero-order valence-electron chi connectivity index (χ0n) is 12.7. The number of aliphatic hydroxyl groups excluding tert-OH is 1. The van der Waals surface area contributed by atoms with Gasteiger partial charge in [0.25, 0.3) is 0 Å². The fourth-order valence-corrected chi connectivity index (χ4v) is 3.56. The number of hydrogen-bond donors (Lipinski definition) is 2. The van der Waals surface area contributed by atoms with E-state index in [4.69, 9.17) is 23.8 Å². The molecular formula is C15H14ClN5O2S. The molecule has 9 heteroatoms. The van der Waals surface area contributed by atoms with E-state index in [9.17, 15) is 9.90 Å². The first-order chi connectivity index (χ1) is 11.5. The van der Waals surface area contributed by atoms with Gasteiger partial charge in [0, 0.05) is 18.4 Å². The first-order valence-electron chi connectivity index (χ1n) is 7.39. The second kappa shape index (κ2) is 5.44. The SMILES string of the molecule is CC(=O)N1CC(O)CC2=C3N(N=CN3c3ccc(Cl)cc3N2)C1=S. The van der Waals surface area contributed by atoms with Crippen LogP contribution in [0, 0.1) is 0 Å². The van der Waals surface area contributed by atoms with Gasteiger partial charge in [0.1, 0.15) is 6.34 Å². The van der Waals surface area contributed by atoms with E-state index in [1.165, 1.54) is 11.8 Å². The monoisotopic (exact) mass is 363 g/mol. The highest BCUT2D eigenvalue weighted by Gasteiger charge is 2.39. The highest BCUT2D eigenvalue weighted by molar-refractivity contribution is 7.80. The number of amides is 1. The lowest BCUT2D eigenvalue weighted by Crippen LogP contribution is -2.49. The van der Waals surface area contributed by atoms with Crippen LogP contribution in [0.25, 0.3) is 0 Å². The number of anilines is 2. The molecule has 0 radical (unpaired) electrons. The molecule has 1 atom stereocenters. The number of hydrogen-bond acceptors (Lipinski definition) is 6. The lowest BCUT2D eigenvalue weighted by molar-refractivity contribution is -0.126. The van der Waals surface area contributed by atoms with Crippen LogP contribution < -0.4 is 10.2 Å². The Labute approximate surface area is 148 Å². The van der Waals surface area contributed by atoms with Gasteiger partial charge in [-0.15, -0.1) is 0 Å². The maximum atomic E-state index is 11.9. The summed E-state index contributed by atoms with van der Waals surface area (Å²) in [7, 11) is 0. The molecule has 0 aromatic heterocycles. The van der Waals surface area contributed by atoms with Crippen LogP contribution >= 0.6 is 23.8 Å². The summed E-state index contributed by atoms with van der Waals surface area (Å²) in [5, 5.41) is 20.4. The Morgan fingerprint density at radius 1 is 1.50 bits per heavy atom. The van der Waals surface area contributed by atoms with Gasteiger partial charge in [-0.05, 0) is 30.4 Å². The van der Waals surface area contributed by atoms with Crippen LogP contribution in [0.5, 0.6) is 0 Å². The van der Waals surface area contributed by atoms with E-state index in [0.29, 0.717) is 17.3 Å². The van der Waals surface area contributed by atoms with Crippen molar-refractivity contribution >= 4 is 52.6 Å². The third-order valence-corrected chi connectivity index (χ3v) is 4.74. The van der Waals surface area contributed by atoms with Crippen LogP contribution in [-0.4, -0.2) is 45.0 Å². The molecule has 3 aliphatic heterocycles. The van der Waals surface area contributed by atoms with Crippen molar-refractivity contribution < 1.29 is 9.90 Å². The molecule has 0 saturated heterocycles. The summed E-state index contributed by atoms with van der Waals surface area (Å²) >= 11 is 11.5. The summed E-state index contributed by atoms with van der Waals surface area (Å²) in [6.07, 6.45) is 1.24. The third kappa shape index (κ3) is 2.26. The fourth-order valence-electron chi connectivity index (χ4n) is 3.05. The number of β-amino-alcohol motifs (C(OH)–C–C–N with tert-alkyl or cyclic N) is 1. The van der Waals surface area contributed by atoms with E-state index in [-0.39, 0.29) is 17.6 Å². The van der Waals surface area contributed by atoms with Gasteiger partial charge in [0.2, 0.25) is 11.0 Å². The van der Waals surface area contributed by atoms with Gasteiger partial charge in [-0.2, -0.15) is 10.1 Å². The second-order valence-electron chi connectivity index (χ2n) is 5.77. The number of benzene rings is 1. The Bertz CT molecular complexity index is 824. The van der Waals surface area contributed by atoms with Gasteiger partial charge in [-0.3, -0.25) is 14.6 Å². The molecule has 24 heavy (non-hydrogen) atoms. The Kier molecular flexibility index (Phi) is 3.48. The molecule has 0 bridgehead atoms. The molecule has 1 unspecified atom stereocenters. The summed E-state index contributed by atoms with van der Waals surface area (Å²) in [4.78, 5) is 15.1. The minimum Gasteiger partial charge on any atom is -0.391 e. The van der Waals surface area contributed by atoms with E-state index in [1.54, 1.807) is 17.4 Å². The number of fused-ring (bicyclic) bond motifs is 2. The van der Waals surface area contributed by atoms with Gasteiger partial charge in [0.15, 0.2) is 5.82 Å². The van der Waals surface area contributed by atoms with Gasteiger partial charge in [-0.25, -0.2) is 0 Å². The maximum absolute atomic E-state index is 11.9. The summed E-state index contributed by atoms with van der Waals surface area (Å²) < 4.78 is 0. The molecule has 1 aromatic carbocycles. The standard InChI is InChI=1S/C15H14ClN5O2S/c1-8(22)19-6-10(23)5-12-14-20(7-17-21(14)15(19)24)13-3-2-9(16)4-11(13)18-12/h2-4,7,10,18,23H,5-6H2,1H3. The van der Waals surface area contributed by atoms with Crippen molar-refractivity contribution in [3.8, 4) is 0 Å². The van der Waals surface area contributed by atoms with Crippen LogP contribution in [0.1, 0.15) is 13.3 Å². The molecular weight excluding hydrogens is 350 g/mol. The molecule has 0 aliphatic carbocycles. The molecule has 3 aliphatic rings. The van der Waals surface area contributed by atoms with Gasteiger partial charge in [0.05, 0.1) is 29.7 Å². The van der Waals surface area contributed by atoms with E-state index in [2.05, 4.69) is 10.4 Å². The lowest BCUT2D eigenvalue weighted by Gasteiger charge is -2.37. The number of carbonyl (C=O) groups is 1. The zero-order chi connectivity index (χ0) is 17.0. The largest absolute Gasteiger partial charge is 0.391 e. The second-order valence-corrected chi connectivity index (χ2v) is 6.57. The Balaban J connectivity index is 1.83. The number of hydrazone groups is 1. The average Bonchev–Trinajstić information content (AvgIpc) is 2.95. The topological polar surface area (TPSA) is 71.4 Å². The Morgan fingerprint density at radius 3 is 3.04 bits per heavy atom. The summed E-state index contributed by atoms with van der Waals surface area (Å²) in [6.45, 7) is 1.55. The molecule has 0 fully saturated rings. The van der Waals surface area contributed by atoms with Crippen LogP contribution in [0.15, 0.2) is 34.8 Å². The number of thiocarbonyl (C=S) groups is 1. The Hall–Kier alpha value is -2.16.